The Morgan fingerprint density at radius 3 is 1.46 bits per heavy atom. The normalized spacial score (nSPS) is 17.7. The minimum absolute atomic E-state index is 0.203. The average molecular weight is 576 g/mol. The summed E-state index contributed by atoms with van der Waals surface area (Å²) in [6.45, 7) is 9.95. The predicted molar refractivity (Wildman–Crippen MR) is 158 cm³/mol. The van der Waals surface area contributed by atoms with E-state index in [2.05, 4.69) is 25.8 Å². The van der Waals surface area contributed by atoms with Crippen molar-refractivity contribution in [3.63, 3.8) is 0 Å². The van der Waals surface area contributed by atoms with Crippen molar-refractivity contribution in [1.29, 1.82) is 0 Å². The Labute approximate surface area is 243 Å². The van der Waals surface area contributed by atoms with E-state index >= 15 is 0 Å². The van der Waals surface area contributed by atoms with Crippen molar-refractivity contribution < 1.29 is 30.6 Å². The van der Waals surface area contributed by atoms with Gasteiger partial charge in [0.05, 0.1) is 13.2 Å². The zero-order chi connectivity index (χ0) is 29.8. The van der Waals surface area contributed by atoms with Crippen LogP contribution in [-0.2, 0) is 26.2 Å². The molecule has 0 aromatic heterocycles. The quantitative estimate of drug-likeness (QED) is 0.159. The summed E-state index contributed by atoms with van der Waals surface area (Å²) in [6, 6.07) is 7.76. The number of aryl methyl sites for hydroxylation is 2. The summed E-state index contributed by atoms with van der Waals surface area (Å²) in [5, 5.41) is 68.8. The van der Waals surface area contributed by atoms with E-state index < -0.39 is 25.7 Å². The lowest BCUT2D eigenvalue weighted by Crippen LogP contribution is -2.36. The van der Waals surface area contributed by atoms with E-state index in [4.69, 9.17) is 10.2 Å². The van der Waals surface area contributed by atoms with Gasteiger partial charge in [-0.1, -0.05) is 35.4 Å². The molecule has 9 N–H and O–H groups in total. The van der Waals surface area contributed by atoms with Crippen LogP contribution in [0, 0.1) is 13.8 Å². The van der Waals surface area contributed by atoms with E-state index in [0.29, 0.717) is 24.2 Å². The van der Waals surface area contributed by atoms with Crippen molar-refractivity contribution in [1.82, 2.24) is 25.8 Å². The molecule has 230 valence electrons. The standard InChI is InChI=1S/C30H49N5O6/c1-21-11-23(15-32-27(38)19-36)29(40)25(13-21)17-34-7-3-5-31-6-4-8-35(10-9-34)18-26-14-22(2)12-24(30(26)41)16-33-28(39)20-37/h11-14,27-28,31-33,36-41H,3-10,15-20H2,1-2H3. The Bertz CT molecular complexity index is 1000. The first kappa shape index (κ1) is 33.2. The average Bonchev–Trinajstić information content (AvgIpc) is 3.00. The van der Waals surface area contributed by atoms with Crippen molar-refractivity contribution in [2.45, 2.75) is 65.3 Å². The third kappa shape index (κ3) is 10.8. The molecule has 2 aromatic rings. The Balaban J connectivity index is 1.73. The Morgan fingerprint density at radius 1 is 0.683 bits per heavy atom. The van der Waals surface area contributed by atoms with E-state index in [9.17, 15) is 20.4 Å². The molecule has 0 radical (unpaired) electrons. The number of rotatable bonds is 12. The molecule has 0 spiro atoms. The first-order valence-electron chi connectivity index (χ1n) is 14.5. The molecule has 11 nitrogen and oxygen atoms in total. The smallest absolute Gasteiger partial charge is 0.128 e. The van der Waals surface area contributed by atoms with Gasteiger partial charge in [0.1, 0.15) is 24.0 Å². The Hall–Kier alpha value is -2.32. The van der Waals surface area contributed by atoms with Crippen molar-refractivity contribution in [3.05, 3.63) is 57.6 Å². The number of phenolic OH excluding ortho intramolecular Hbond substituents is 2. The molecule has 0 amide bonds. The van der Waals surface area contributed by atoms with Crippen LogP contribution in [0.1, 0.15) is 46.2 Å². The summed E-state index contributed by atoms with van der Waals surface area (Å²) in [5.41, 5.74) is 5.05. The molecule has 11 heteroatoms. The van der Waals surface area contributed by atoms with Crippen LogP contribution in [0.3, 0.4) is 0 Å². The molecule has 2 atom stereocenters. The summed E-state index contributed by atoms with van der Waals surface area (Å²) < 4.78 is 0. The number of phenols is 2. The molecule has 0 aliphatic carbocycles. The van der Waals surface area contributed by atoms with Crippen LogP contribution in [-0.4, -0.2) is 105 Å². The lowest BCUT2D eigenvalue weighted by atomic mass is 10.0. The fourth-order valence-corrected chi connectivity index (χ4v) is 5.25. The van der Waals surface area contributed by atoms with Gasteiger partial charge in [-0.05, 0) is 52.9 Å². The zero-order valence-corrected chi connectivity index (χ0v) is 24.4. The molecule has 0 bridgehead atoms. The molecule has 3 rings (SSSR count). The van der Waals surface area contributed by atoms with Crippen molar-refractivity contribution in [3.8, 4) is 11.5 Å². The van der Waals surface area contributed by atoms with Gasteiger partial charge in [0.15, 0.2) is 0 Å². The van der Waals surface area contributed by atoms with E-state index in [1.165, 1.54) is 0 Å². The maximum absolute atomic E-state index is 11.0. The summed E-state index contributed by atoms with van der Waals surface area (Å²) in [7, 11) is 0. The predicted octanol–water partition coefficient (Wildman–Crippen LogP) is 0.203. The lowest BCUT2D eigenvalue weighted by molar-refractivity contribution is 0.0663. The van der Waals surface area contributed by atoms with Gasteiger partial charge in [-0.15, -0.1) is 0 Å². The molecule has 1 aliphatic heterocycles. The van der Waals surface area contributed by atoms with Crippen molar-refractivity contribution in [2.24, 2.45) is 0 Å². The minimum Gasteiger partial charge on any atom is -0.507 e. The van der Waals surface area contributed by atoms with Gasteiger partial charge < -0.3 is 36.0 Å². The highest BCUT2D eigenvalue weighted by Gasteiger charge is 2.18. The summed E-state index contributed by atoms with van der Waals surface area (Å²) in [6.07, 6.45) is -0.123. The van der Waals surface area contributed by atoms with Crippen LogP contribution in [0.25, 0.3) is 0 Å². The number of aliphatic hydroxyl groups excluding tert-OH is 4. The second-order valence-corrected chi connectivity index (χ2v) is 11.0. The van der Waals surface area contributed by atoms with Gasteiger partial charge in [-0.25, -0.2) is 0 Å². The summed E-state index contributed by atoms with van der Waals surface area (Å²) in [4.78, 5) is 4.69. The molecule has 1 saturated heterocycles. The van der Waals surface area contributed by atoms with E-state index in [-0.39, 0.29) is 24.6 Å². The van der Waals surface area contributed by atoms with E-state index in [0.717, 1.165) is 74.4 Å². The molecule has 41 heavy (non-hydrogen) atoms. The molecular weight excluding hydrogens is 526 g/mol. The van der Waals surface area contributed by atoms with Crippen molar-refractivity contribution in [2.75, 3.05) is 52.5 Å². The van der Waals surface area contributed by atoms with Crippen molar-refractivity contribution >= 4 is 0 Å². The molecule has 0 saturated carbocycles. The van der Waals surface area contributed by atoms with E-state index in [1.807, 2.05) is 38.1 Å². The number of benzene rings is 2. The van der Waals surface area contributed by atoms with Gasteiger partial charge >= 0.3 is 0 Å². The Kier molecular flexibility index (Phi) is 13.7. The third-order valence-electron chi connectivity index (χ3n) is 7.40. The van der Waals surface area contributed by atoms with Crippen LogP contribution in [0.15, 0.2) is 24.3 Å². The number of aromatic hydroxyl groups is 2. The number of aliphatic hydroxyl groups is 4. The fraction of sp³-hybridized carbons (Fsp3) is 0.600. The number of hydrogen-bond donors (Lipinski definition) is 9. The second kappa shape index (κ2) is 17.0. The maximum Gasteiger partial charge on any atom is 0.128 e. The summed E-state index contributed by atoms with van der Waals surface area (Å²) in [5.74, 6) is 0.407. The number of nitrogens with zero attached hydrogens (tertiary/aromatic N) is 2. The monoisotopic (exact) mass is 575 g/mol. The fourth-order valence-electron chi connectivity index (χ4n) is 5.25. The van der Waals surface area contributed by atoms with Crippen LogP contribution in [0.4, 0.5) is 0 Å². The maximum atomic E-state index is 11.0. The number of hydrogen-bond acceptors (Lipinski definition) is 11. The van der Waals surface area contributed by atoms with Crippen LogP contribution < -0.4 is 16.0 Å². The minimum atomic E-state index is -1.05. The van der Waals surface area contributed by atoms with Gasteiger partial charge in [0.25, 0.3) is 0 Å². The second-order valence-electron chi connectivity index (χ2n) is 11.0. The summed E-state index contributed by atoms with van der Waals surface area (Å²) >= 11 is 0. The molecule has 1 heterocycles. The first-order valence-corrected chi connectivity index (χ1v) is 14.5. The third-order valence-corrected chi connectivity index (χ3v) is 7.40. The highest BCUT2D eigenvalue weighted by atomic mass is 16.3. The van der Waals surface area contributed by atoms with Crippen LogP contribution in [0.2, 0.25) is 0 Å². The molecular formula is C30H49N5O6. The highest BCUT2D eigenvalue weighted by Crippen LogP contribution is 2.28. The number of nitrogens with one attached hydrogen (secondary N) is 3. The van der Waals surface area contributed by atoms with Gasteiger partial charge in [0.2, 0.25) is 0 Å². The molecule has 2 unspecified atom stereocenters. The molecule has 1 fully saturated rings. The largest absolute Gasteiger partial charge is 0.507 e. The zero-order valence-electron chi connectivity index (χ0n) is 24.4. The molecule has 2 aromatic carbocycles. The van der Waals surface area contributed by atoms with Gasteiger partial charge in [-0.3, -0.25) is 20.4 Å². The van der Waals surface area contributed by atoms with E-state index in [1.54, 1.807) is 0 Å². The lowest BCUT2D eigenvalue weighted by Gasteiger charge is -2.28. The topological polar surface area (TPSA) is 164 Å². The first-order chi connectivity index (χ1) is 19.7. The Morgan fingerprint density at radius 2 is 1.07 bits per heavy atom. The highest BCUT2D eigenvalue weighted by molar-refractivity contribution is 5.44. The SMILES string of the molecule is Cc1cc(CNC(O)CO)c(O)c(CN2CCCNCCCN(Cc3cc(C)cc(CNC(O)CO)c3O)CC2)c1. The van der Waals surface area contributed by atoms with Crippen LogP contribution in [0.5, 0.6) is 11.5 Å². The van der Waals surface area contributed by atoms with Gasteiger partial charge in [0, 0.05) is 61.5 Å². The van der Waals surface area contributed by atoms with Gasteiger partial charge in [-0.2, -0.15) is 0 Å². The molecule has 1 aliphatic rings. The van der Waals surface area contributed by atoms with Crippen LogP contribution >= 0.6 is 0 Å².